The number of carbonyl (C=O) groups excluding carboxylic acids is 1. The van der Waals surface area contributed by atoms with E-state index >= 15 is 0 Å². The maximum atomic E-state index is 13.3. The van der Waals surface area contributed by atoms with E-state index in [1.165, 1.54) is 41.8 Å². The third-order valence-corrected chi connectivity index (χ3v) is 9.83. The summed E-state index contributed by atoms with van der Waals surface area (Å²) in [5.74, 6) is 5.83. The minimum Gasteiger partial charge on any atom is -0.444 e. The zero-order valence-corrected chi connectivity index (χ0v) is 23.1. The Morgan fingerprint density at radius 2 is 1.83 bits per heavy atom. The lowest BCUT2D eigenvalue weighted by Gasteiger charge is -2.38. The first-order valence-corrected chi connectivity index (χ1v) is 14.7. The fraction of sp³-hybridized carbons (Fsp3) is 0.455. The second-order valence-electron chi connectivity index (χ2n) is 8.79. The molecular formula is C22H29N5O6S3. The summed E-state index contributed by atoms with van der Waals surface area (Å²) in [5, 5.41) is 3.02. The largest absolute Gasteiger partial charge is 0.444 e. The number of anilines is 2. The van der Waals surface area contributed by atoms with Gasteiger partial charge in [0, 0.05) is 25.3 Å². The standard InChI is InChI=1S/C22H29N5O6S3/c1-6-7-17-15-26(12-13-27(17)20-24-14-19(34-20)35(29,30)23-5)36(31,32)18-10-8-16(9-11-18)25-21(28)33-22(2,3)4/h8-11,14,17,23H,12-13,15H2,1-5H3,(H,25,28)/t17-/m0/s1. The molecule has 1 fully saturated rings. The molecule has 1 aliphatic rings. The van der Waals surface area contributed by atoms with Gasteiger partial charge in [-0.05, 0) is 59.0 Å². The molecule has 1 aliphatic heterocycles. The van der Waals surface area contributed by atoms with E-state index in [9.17, 15) is 21.6 Å². The van der Waals surface area contributed by atoms with Crippen molar-refractivity contribution in [1.82, 2.24) is 14.0 Å². The van der Waals surface area contributed by atoms with Crippen molar-refractivity contribution < 1.29 is 26.4 Å². The van der Waals surface area contributed by atoms with Gasteiger partial charge in [0.1, 0.15) is 11.6 Å². The molecule has 0 bridgehead atoms. The van der Waals surface area contributed by atoms with Crippen LogP contribution in [0.25, 0.3) is 0 Å². The first kappa shape index (κ1) is 27.9. The van der Waals surface area contributed by atoms with Gasteiger partial charge in [-0.3, -0.25) is 5.32 Å². The zero-order chi connectivity index (χ0) is 26.7. The molecule has 1 amide bonds. The lowest BCUT2D eigenvalue weighted by molar-refractivity contribution is 0.0636. The Kier molecular flexibility index (Phi) is 8.31. The van der Waals surface area contributed by atoms with E-state index < -0.39 is 37.8 Å². The van der Waals surface area contributed by atoms with Gasteiger partial charge >= 0.3 is 6.09 Å². The molecule has 11 nitrogen and oxygen atoms in total. The number of benzene rings is 1. The highest BCUT2D eigenvalue weighted by atomic mass is 32.2. The lowest BCUT2D eigenvalue weighted by Crippen LogP contribution is -2.54. The van der Waals surface area contributed by atoms with E-state index in [0.29, 0.717) is 10.8 Å². The highest BCUT2D eigenvalue weighted by Gasteiger charge is 2.35. The number of nitrogens with zero attached hydrogens (tertiary/aromatic N) is 3. The Morgan fingerprint density at radius 1 is 1.17 bits per heavy atom. The third-order valence-electron chi connectivity index (χ3n) is 5.04. The van der Waals surface area contributed by atoms with Gasteiger partial charge in [-0.2, -0.15) is 4.31 Å². The van der Waals surface area contributed by atoms with Gasteiger partial charge in [0.25, 0.3) is 10.0 Å². The van der Waals surface area contributed by atoms with Crippen LogP contribution in [0.2, 0.25) is 0 Å². The number of sulfonamides is 2. The minimum absolute atomic E-state index is 0.0679. The third kappa shape index (κ3) is 6.54. The summed E-state index contributed by atoms with van der Waals surface area (Å²) >= 11 is 0.999. The van der Waals surface area contributed by atoms with Crippen molar-refractivity contribution >= 4 is 48.3 Å². The van der Waals surface area contributed by atoms with E-state index in [-0.39, 0.29) is 28.7 Å². The summed E-state index contributed by atoms with van der Waals surface area (Å²) in [4.78, 5) is 18.1. The zero-order valence-electron chi connectivity index (χ0n) is 20.6. The summed E-state index contributed by atoms with van der Waals surface area (Å²) in [7, 11) is -6.15. The SMILES string of the molecule is CC#C[C@H]1CN(S(=O)(=O)c2ccc(NC(=O)OC(C)(C)C)cc2)CCN1c1ncc(S(=O)(=O)NC)s1. The predicted octanol–water partition coefficient (Wildman–Crippen LogP) is 2.30. The van der Waals surface area contributed by atoms with Crippen molar-refractivity contribution in [3.8, 4) is 11.8 Å². The Hall–Kier alpha value is -2.70. The molecule has 0 spiro atoms. The van der Waals surface area contributed by atoms with Gasteiger partial charge in [0.2, 0.25) is 10.0 Å². The molecule has 1 aromatic carbocycles. The summed E-state index contributed by atoms with van der Waals surface area (Å²) in [5.41, 5.74) is -0.256. The van der Waals surface area contributed by atoms with Gasteiger partial charge in [-0.1, -0.05) is 17.3 Å². The number of ether oxygens (including phenoxy) is 1. The summed E-state index contributed by atoms with van der Waals surface area (Å²) < 4.78 is 59.7. The molecule has 0 aliphatic carbocycles. The smallest absolute Gasteiger partial charge is 0.412 e. The van der Waals surface area contributed by atoms with Crippen molar-refractivity contribution in [2.24, 2.45) is 0 Å². The molecule has 196 valence electrons. The molecule has 3 rings (SSSR count). The number of piperazine rings is 1. The van der Waals surface area contributed by atoms with E-state index in [0.717, 1.165) is 11.3 Å². The number of amides is 1. The van der Waals surface area contributed by atoms with Crippen molar-refractivity contribution in [1.29, 1.82) is 0 Å². The summed E-state index contributed by atoms with van der Waals surface area (Å²) in [6.07, 6.45) is 0.640. The number of carbonyl (C=O) groups is 1. The monoisotopic (exact) mass is 555 g/mol. The quantitative estimate of drug-likeness (QED) is 0.518. The molecule has 1 saturated heterocycles. The van der Waals surface area contributed by atoms with Crippen LogP contribution in [0.3, 0.4) is 0 Å². The lowest BCUT2D eigenvalue weighted by atomic mass is 10.2. The number of hydrogen-bond donors (Lipinski definition) is 2. The number of rotatable bonds is 6. The van der Waals surface area contributed by atoms with E-state index in [4.69, 9.17) is 4.74 Å². The second-order valence-corrected chi connectivity index (χ2v) is 13.8. The maximum Gasteiger partial charge on any atom is 0.412 e. The molecule has 2 aromatic rings. The van der Waals surface area contributed by atoms with Crippen LogP contribution in [-0.4, -0.2) is 70.5 Å². The van der Waals surface area contributed by atoms with Gasteiger partial charge in [0.15, 0.2) is 9.34 Å². The van der Waals surface area contributed by atoms with Crippen LogP contribution in [0.4, 0.5) is 15.6 Å². The highest BCUT2D eigenvalue weighted by Crippen LogP contribution is 2.30. The van der Waals surface area contributed by atoms with E-state index in [1.807, 2.05) is 4.90 Å². The van der Waals surface area contributed by atoms with Gasteiger partial charge in [-0.25, -0.2) is 31.3 Å². The molecule has 0 saturated carbocycles. The molecular weight excluding hydrogens is 526 g/mol. The number of aromatic nitrogens is 1. The topological polar surface area (TPSA) is 138 Å². The highest BCUT2D eigenvalue weighted by molar-refractivity contribution is 7.91. The van der Waals surface area contributed by atoms with Gasteiger partial charge in [-0.15, -0.1) is 5.92 Å². The minimum atomic E-state index is -3.84. The molecule has 1 atom stereocenters. The Labute approximate surface area is 216 Å². The first-order chi connectivity index (χ1) is 16.8. The van der Waals surface area contributed by atoms with E-state index in [1.54, 1.807) is 27.7 Å². The van der Waals surface area contributed by atoms with E-state index in [2.05, 4.69) is 26.9 Å². The van der Waals surface area contributed by atoms with Crippen molar-refractivity contribution in [3.05, 3.63) is 30.5 Å². The van der Waals surface area contributed by atoms with Crippen molar-refractivity contribution in [2.45, 2.75) is 48.4 Å². The predicted molar refractivity (Wildman–Crippen MR) is 138 cm³/mol. The van der Waals surface area contributed by atoms with Crippen molar-refractivity contribution in [2.75, 3.05) is 36.9 Å². The molecule has 14 heteroatoms. The molecule has 2 N–H and O–H groups in total. The first-order valence-electron chi connectivity index (χ1n) is 11.0. The molecule has 0 radical (unpaired) electrons. The molecule has 0 unspecified atom stereocenters. The van der Waals surface area contributed by atoms with Crippen LogP contribution >= 0.6 is 11.3 Å². The molecule has 36 heavy (non-hydrogen) atoms. The van der Waals surface area contributed by atoms with Crippen molar-refractivity contribution in [3.63, 3.8) is 0 Å². The Morgan fingerprint density at radius 3 is 2.42 bits per heavy atom. The fourth-order valence-electron chi connectivity index (χ4n) is 3.38. The van der Waals surface area contributed by atoms with Crippen LogP contribution in [0.1, 0.15) is 27.7 Å². The van der Waals surface area contributed by atoms with Crippen LogP contribution < -0.4 is 14.9 Å². The average molecular weight is 556 g/mol. The summed E-state index contributed by atoms with van der Waals surface area (Å²) in [6.45, 7) is 7.41. The normalized spacial score (nSPS) is 17.2. The maximum absolute atomic E-state index is 13.3. The number of nitrogens with one attached hydrogen (secondary N) is 2. The van der Waals surface area contributed by atoms with Gasteiger partial charge < -0.3 is 9.64 Å². The Balaban J connectivity index is 1.76. The number of thiazole rings is 1. The van der Waals surface area contributed by atoms with Crippen LogP contribution in [0.5, 0.6) is 0 Å². The Bertz CT molecular complexity index is 1370. The summed E-state index contributed by atoms with van der Waals surface area (Å²) in [6, 6.07) is 5.32. The number of hydrogen-bond acceptors (Lipinski definition) is 9. The van der Waals surface area contributed by atoms with Crippen LogP contribution in [-0.2, 0) is 24.8 Å². The second kappa shape index (κ2) is 10.7. The molecule has 1 aromatic heterocycles. The fourth-order valence-corrected chi connectivity index (χ4v) is 6.85. The average Bonchev–Trinajstić information content (AvgIpc) is 3.29. The van der Waals surface area contributed by atoms with Crippen LogP contribution in [0, 0.1) is 11.8 Å². The van der Waals surface area contributed by atoms with Crippen LogP contribution in [0.15, 0.2) is 39.6 Å². The molecule has 2 heterocycles. The van der Waals surface area contributed by atoms with Gasteiger partial charge in [0.05, 0.1) is 11.1 Å².